The van der Waals surface area contributed by atoms with Crippen molar-refractivity contribution in [2.75, 3.05) is 18.4 Å². The summed E-state index contributed by atoms with van der Waals surface area (Å²) >= 11 is 1.73. The number of nitrogens with zero attached hydrogens (tertiary/aromatic N) is 1. The molecule has 0 aliphatic carbocycles. The van der Waals surface area contributed by atoms with Gasteiger partial charge in [0.25, 0.3) is 0 Å². The first-order valence-electron chi connectivity index (χ1n) is 6.79. The van der Waals surface area contributed by atoms with Crippen molar-refractivity contribution in [3.8, 4) is 0 Å². The van der Waals surface area contributed by atoms with E-state index in [0.29, 0.717) is 0 Å². The normalized spacial score (nSPS) is 13.3. The van der Waals surface area contributed by atoms with Gasteiger partial charge in [0.05, 0.1) is 10.7 Å². The van der Waals surface area contributed by atoms with Crippen molar-refractivity contribution in [3.63, 3.8) is 0 Å². The number of rotatable bonds is 5. The fourth-order valence-electron chi connectivity index (χ4n) is 2.42. The van der Waals surface area contributed by atoms with Crippen LogP contribution in [-0.4, -0.2) is 18.1 Å². The zero-order valence-corrected chi connectivity index (χ0v) is 12.0. The largest absolute Gasteiger partial charge is 0.384 e. The monoisotopic (exact) mass is 273 g/mol. The molecule has 100 valence electrons. The van der Waals surface area contributed by atoms with Crippen LogP contribution in [0.3, 0.4) is 0 Å². The van der Waals surface area contributed by atoms with Crippen LogP contribution >= 0.6 is 11.3 Å². The van der Waals surface area contributed by atoms with Gasteiger partial charge in [-0.2, -0.15) is 0 Å². The predicted octanol–water partition coefficient (Wildman–Crippen LogP) is 2.75. The lowest BCUT2D eigenvalue weighted by Gasteiger charge is -2.06. The van der Waals surface area contributed by atoms with E-state index < -0.39 is 0 Å². The van der Waals surface area contributed by atoms with Crippen LogP contribution in [0.25, 0.3) is 0 Å². The van der Waals surface area contributed by atoms with E-state index in [1.807, 2.05) is 0 Å². The zero-order valence-electron chi connectivity index (χ0n) is 11.2. The van der Waals surface area contributed by atoms with Gasteiger partial charge in [-0.05, 0) is 30.5 Å². The molecule has 4 heteroatoms. The Kier molecular flexibility index (Phi) is 3.80. The maximum absolute atomic E-state index is 4.47. The molecule has 0 spiro atoms. The number of hydrogen-bond acceptors (Lipinski definition) is 4. The summed E-state index contributed by atoms with van der Waals surface area (Å²) in [4.78, 5) is 4.47. The highest BCUT2D eigenvalue weighted by Gasteiger charge is 2.09. The van der Waals surface area contributed by atoms with Crippen LogP contribution < -0.4 is 10.6 Å². The van der Waals surface area contributed by atoms with Crippen LogP contribution in [0.2, 0.25) is 0 Å². The van der Waals surface area contributed by atoms with Gasteiger partial charge in [-0.25, -0.2) is 4.98 Å². The van der Waals surface area contributed by atoms with Crippen molar-refractivity contribution < 1.29 is 0 Å². The van der Waals surface area contributed by atoms with Crippen molar-refractivity contribution in [1.29, 1.82) is 0 Å². The fourth-order valence-corrected chi connectivity index (χ4v) is 3.07. The van der Waals surface area contributed by atoms with Crippen LogP contribution in [0.1, 0.15) is 21.8 Å². The summed E-state index contributed by atoms with van der Waals surface area (Å²) in [5.74, 6) is 0. The minimum absolute atomic E-state index is 0.929. The minimum atomic E-state index is 0.929. The molecule has 1 aliphatic heterocycles. The fraction of sp³-hybridized carbons (Fsp3) is 0.400. The van der Waals surface area contributed by atoms with Crippen molar-refractivity contribution in [2.45, 2.75) is 26.3 Å². The summed E-state index contributed by atoms with van der Waals surface area (Å²) in [6.07, 6.45) is 2.17. The predicted molar refractivity (Wildman–Crippen MR) is 80.9 cm³/mol. The smallest absolute Gasteiger partial charge is 0.0897 e. The molecule has 3 rings (SSSR count). The quantitative estimate of drug-likeness (QED) is 0.823. The van der Waals surface area contributed by atoms with Crippen LogP contribution in [0.15, 0.2) is 23.6 Å². The summed E-state index contributed by atoms with van der Waals surface area (Å²) < 4.78 is 0. The Morgan fingerprint density at radius 2 is 2.37 bits per heavy atom. The first kappa shape index (κ1) is 12.6. The third-order valence-electron chi connectivity index (χ3n) is 3.44. The standard InChI is InChI=1S/C15H19N3S/c1-11-18-14(10-19-11)5-6-16-9-12-2-3-13-4-7-17-15(13)8-12/h2-3,8,10,16-17H,4-7,9H2,1H3. The molecule has 0 atom stereocenters. The molecule has 3 nitrogen and oxygen atoms in total. The van der Waals surface area contributed by atoms with E-state index in [0.717, 1.165) is 37.5 Å². The molecule has 0 amide bonds. The molecule has 0 unspecified atom stereocenters. The Morgan fingerprint density at radius 3 is 3.21 bits per heavy atom. The molecule has 2 N–H and O–H groups in total. The van der Waals surface area contributed by atoms with E-state index in [-0.39, 0.29) is 0 Å². The van der Waals surface area contributed by atoms with Gasteiger partial charge < -0.3 is 10.6 Å². The zero-order chi connectivity index (χ0) is 13.1. The van der Waals surface area contributed by atoms with Gasteiger partial charge in [-0.1, -0.05) is 12.1 Å². The maximum Gasteiger partial charge on any atom is 0.0897 e. The molecule has 0 saturated heterocycles. The first-order chi connectivity index (χ1) is 9.31. The second-order valence-corrected chi connectivity index (χ2v) is 6.02. The van der Waals surface area contributed by atoms with Gasteiger partial charge in [0, 0.05) is 37.1 Å². The molecule has 2 aromatic rings. The minimum Gasteiger partial charge on any atom is -0.384 e. The highest BCUT2D eigenvalue weighted by atomic mass is 32.1. The Hall–Kier alpha value is -1.39. The average Bonchev–Trinajstić information content (AvgIpc) is 3.03. The SMILES string of the molecule is Cc1nc(CCNCc2ccc3c(c2)NCC3)cs1. The second-order valence-electron chi connectivity index (χ2n) is 4.95. The summed E-state index contributed by atoms with van der Waals surface area (Å²) in [7, 11) is 0. The first-order valence-corrected chi connectivity index (χ1v) is 7.66. The number of hydrogen-bond donors (Lipinski definition) is 2. The van der Waals surface area contributed by atoms with Gasteiger partial charge in [-0.15, -0.1) is 11.3 Å². The van der Waals surface area contributed by atoms with Crippen LogP contribution in [0.4, 0.5) is 5.69 Å². The van der Waals surface area contributed by atoms with Crippen LogP contribution in [-0.2, 0) is 19.4 Å². The number of anilines is 1. The Labute approximate surface area is 118 Å². The second kappa shape index (κ2) is 5.72. The molecule has 19 heavy (non-hydrogen) atoms. The summed E-state index contributed by atoms with van der Waals surface area (Å²) in [5.41, 5.74) is 5.31. The van der Waals surface area contributed by atoms with Gasteiger partial charge in [0.2, 0.25) is 0 Å². The number of aryl methyl sites for hydroxylation is 1. The molecule has 1 aliphatic rings. The number of thiazole rings is 1. The molecular formula is C15H19N3S. The topological polar surface area (TPSA) is 37.0 Å². The van der Waals surface area contributed by atoms with E-state index in [9.17, 15) is 0 Å². The number of nitrogens with one attached hydrogen (secondary N) is 2. The lowest BCUT2D eigenvalue weighted by molar-refractivity contribution is 0.681. The van der Waals surface area contributed by atoms with E-state index >= 15 is 0 Å². The molecular weight excluding hydrogens is 254 g/mol. The molecule has 1 aromatic carbocycles. The molecule has 0 bridgehead atoms. The molecule has 0 saturated carbocycles. The molecule has 0 radical (unpaired) electrons. The van der Waals surface area contributed by atoms with Gasteiger partial charge >= 0.3 is 0 Å². The van der Waals surface area contributed by atoms with E-state index in [1.54, 1.807) is 11.3 Å². The molecule has 1 aromatic heterocycles. The highest BCUT2D eigenvalue weighted by molar-refractivity contribution is 7.09. The lowest BCUT2D eigenvalue weighted by Crippen LogP contribution is -2.16. The highest BCUT2D eigenvalue weighted by Crippen LogP contribution is 2.23. The van der Waals surface area contributed by atoms with E-state index in [2.05, 4.69) is 46.1 Å². The number of aromatic nitrogens is 1. The van der Waals surface area contributed by atoms with E-state index in [4.69, 9.17) is 0 Å². The third-order valence-corrected chi connectivity index (χ3v) is 4.26. The van der Waals surface area contributed by atoms with Crippen molar-refractivity contribution in [3.05, 3.63) is 45.4 Å². The maximum atomic E-state index is 4.47. The Balaban J connectivity index is 1.47. The van der Waals surface area contributed by atoms with Crippen molar-refractivity contribution in [1.82, 2.24) is 10.3 Å². The van der Waals surface area contributed by atoms with Gasteiger partial charge in [0.1, 0.15) is 0 Å². The van der Waals surface area contributed by atoms with E-state index in [1.165, 1.54) is 22.5 Å². The average molecular weight is 273 g/mol. The van der Waals surface area contributed by atoms with Gasteiger partial charge in [-0.3, -0.25) is 0 Å². The Morgan fingerprint density at radius 1 is 1.42 bits per heavy atom. The van der Waals surface area contributed by atoms with Crippen molar-refractivity contribution in [2.24, 2.45) is 0 Å². The van der Waals surface area contributed by atoms with Crippen molar-refractivity contribution >= 4 is 17.0 Å². The summed E-state index contributed by atoms with van der Waals surface area (Å²) in [6.45, 7) is 5.04. The number of benzene rings is 1. The summed E-state index contributed by atoms with van der Waals surface area (Å²) in [5, 5.41) is 10.2. The third kappa shape index (κ3) is 3.14. The molecule has 0 fully saturated rings. The van der Waals surface area contributed by atoms with Crippen LogP contribution in [0.5, 0.6) is 0 Å². The summed E-state index contributed by atoms with van der Waals surface area (Å²) in [6, 6.07) is 6.74. The number of fused-ring (bicyclic) bond motifs is 1. The lowest BCUT2D eigenvalue weighted by atomic mass is 10.1. The Bertz CT molecular complexity index is 562. The van der Waals surface area contributed by atoms with Crippen LogP contribution in [0, 0.1) is 6.92 Å². The molecule has 2 heterocycles. The van der Waals surface area contributed by atoms with Gasteiger partial charge in [0.15, 0.2) is 0 Å².